The molecular weight excluding hydrogens is 135 g/mol. The van der Waals surface area contributed by atoms with E-state index in [0.717, 1.165) is 0 Å². The van der Waals surface area contributed by atoms with Gasteiger partial charge in [-0.1, -0.05) is 0 Å². The molecule has 0 aromatic carbocycles. The second kappa shape index (κ2) is 4.28. The smallest absolute Gasteiger partial charge is 0.129 e. The van der Waals surface area contributed by atoms with Gasteiger partial charge in [0.05, 0.1) is 13.4 Å². The fourth-order valence-electron chi connectivity index (χ4n) is 0.138. The van der Waals surface area contributed by atoms with Gasteiger partial charge in [-0.2, -0.15) is 0 Å². The summed E-state index contributed by atoms with van der Waals surface area (Å²) in [4.78, 5) is -0.458. The maximum atomic E-state index is 5.26. The van der Waals surface area contributed by atoms with E-state index in [-0.39, 0.29) is 0 Å². The van der Waals surface area contributed by atoms with Crippen molar-refractivity contribution in [3.05, 3.63) is 12.3 Å². The summed E-state index contributed by atoms with van der Waals surface area (Å²) in [5.41, 5.74) is 0. The quantitative estimate of drug-likeness (QED) is 0.421. The number of allylic oxidation sites excluding steroid dienone is 1. The van der Waals surface area contributed by atoms with E-state index in [1.165, 1.54) is 19.4 Å². The first kappa shape index (κ1) is 7.12. The first-order chi connectivity index (χ1) is 3.27. The molecule has 0 aliphatic heterocycles. The number of halogens is 2. The first-order valence-corrected chi connectivity index (χ1v) is 2.62. The monoisotopic (exact) mass is 140 g/mol. The van der Waals surface area contributed by atoms with Crippen LogP contribution >= 0.6 is 23.2 Å². The summed E-state index contributed by atoms with van der Waals surface area (Å²) in [6, 6.07) is 0. The molecule has 42 valence electrons. The van der Waals surface area contributed by atoms with Crippen molar-refractivity contribution < 1.29 is 4.74 Å². The Morgan fingerprint density at radius 2 is 2.14 bits per heavy atom. The highest BCUT2D eigenvalue weighted by atomic mass is 35.5. The van der Waals surface area contributed by atoms with Crippen molar-refractivity contribution in [2.75, 3.05) is 7.11 Å². The van der Waals surface area contributed by atoms with Crippen LogP contribution in [-0.4, -0.2) is 11.9 Å². The lowest BCUT2D eigenvalue weighted by molar-refractivity contribution is 0.337. The number of methoxy groups -OCH3 is 1. The minimum atomic E-state index is -0.458. The fourth-order valence-corrected chi connectivity index (χ4v) is 0.257. The summed E-state index contributed by atoms with van der Waals surface area (Å²) < 4.78 is 4.50. The molecule has 0 aromatic rings. The molecule has 0 N–H and O–H groups in total. The Balaban J connectivity index is 3.08. The van der Waals surface area contributed by atoms with Gasteiger partial charge in [0.1, 0.15) is 4.84 Å². The molecule has 0 rings (SSSR count). The number of rotatable bonds is 2. The van der Waals surface area contributed by atoms with E-state index < -0.39 is 4.84 Å². The molecule has 0 spiro atoms. The van der Waals surface area contributed by atoms with Gasteiger partial charge in [-0.05, 0) is 6.08 Å². The summed E-state index contributed by atoms with van der Waals surface area (Å²) in [6.45, 7) is 0. The van der Waals surface area contributed by atoms with Crippen LogP contribution in [-0.2, 0) is 4.74 Å². The predicted molar refractivity (Wildman–Crippen MR) is 31.6 cm³/mol. The average molecular weight is 141 g/mol. The number of hydrogen-bond acceptors (Lipinski definition) is 1. The summed E-state index contributed by atoms with van der Waals surface area (Å²) in [7, 11) is 1.53. The third kappa shape index (κ3) is 6.12. The Hall–Kier alpha value is 0.120. The van der Waals surface area contributed by atoms with Crippen LogP contribution in [0.4, 0.5) is 0 Å². The van der Waals surface area contributed by atoms with Gasteiger partial charge in [-0.25, -0.2) is 0 Å². The van der Waals surface area contributed by atoms with Gasteiger partial charge in [0.2, 0.25) is 0 Å². The molecule has 0 atom stereocenters. The van der Waals surface area contributed by atoms with Gasteiger partial charge in [-0.15, -0.1) is 23.2 Å². The molecule has 0 saturated carbocycles. The topological polar surface area (TPSA) is 9.23 Å². The minimum Gasteiger partial charge on any atom is -0.505 e. The van der Waals surface area contributed by atoms with Crippen LogP contribution in [0.5, 0.6) is 0 Å². The summed E-state index contributed by atoms with van der Waals surface area (Å²) >= 11 is 10.5. The third-order valence-electron chi connectivity index (χ3n) is 0.360. The van der Waals surface area contributed by atoms with Crippen LogP contribution in [0, 0.1) is 0 Å². The summed E-state index contributed by atoms with van der Waals surface area (Å²) in [6.07, 6.45) is 2.97. The number of alkyl halides is 2. The van der Waals surface area contributed by atoms with E-state index in [1.54, 1.807) is 0 Å². The Bertz CT molecular complexity index is 60.7. The molecule has 3 heteroatoms. The fraction of sp³-hybridized carbons (Fsp3) is 0.500. The van der Waals surface area contributed by atoms with Crippen LogP contribution < -0.4 is 0 Å². The molecule has 1 nitrogen and oxygen atoms in total. The van der Waals surface area contributed by atoms with Gasteiger partial charge in [0, 0.05) is 0 Å². The van der Waals surface area contributed by atoms with Gasteiger partial charge in [0.25, 0.3) is 0 Å². The number of hydrogen-bond donors (Lipinski definition) is 0. The molecule has 0 aromatic heterocycles. The molecule has 0 radical (unpaired) electrons. The summed E-state index contributed by atoms with van der Waals surface area (Å²) in [5.74, 6) is 0. The zero-order chi connectivity index (χ0) is 5.70. The highest BCUT2D eigenvalue weighted by Crippen LogP contribution is 2.01. The lowest BCUT2D eigenvalue weighted by atomic mass is 10.7. The largest absolute Gasteiger partial charge is 0.505 e. The normalized spacial score (nSPS) is 10.9. The molecule has 0 saturated heterocycles. The van der Waals surface area contributed by atoms with Crippen LogP contribution in [0.2, 0.25) is 0 Å². The van der Waals surface area contributed by atoms with Crippen LogP contribution in [0.3, 0.4) is 0 Å². The first-order valence-electron chi connectivity index (χ1n) is 1.75. The van der Waals surface area contributed by atoms with E-state index in [4.69, 9.17) is 23.2 Å². The Labute approximate surface area is 52.9 Å². The van der Waals surface area contributed by atoms with Crippen molar-refractivity contribution >= 4 is 23.2 Å². The standard InChI is InChI=1S/C4H6Cl2O/c1-7-3-2-4(5)6/h2-4H,1H3. The molecular formula is C4H6Cl2O. The highest BCUT2D eigenvalue weighted by molar-refractivity contribution is 6.45. The van der Waals surface area contributed by atoms with Crippen molar-refractivity contribution in [2.45, 2.75) is 4.84 Å². The Kier molecular flexibility index (Phi) is 4.36. The maximum absolute atomic E-state index is 5.26. The van der Waals surface area contributed by atoms with E-state index in [9.17, 15) is 0 Å². The molecule has 0 unspecified atom stereocenters. The molecule has 0 bridgehead atoms. The minimum absolute atomic E-state index is 0.458. The predicted octanol–water partition coefficient (Wildman–Crippen LogP) is 1.95. The van der Waals surface area contributed by atoms with Gasteiger partial charge in [-0.3, -0.25) is 0 Å². The van der Waals surface area contributed by atoms with Crippen LogP contribution in [0.1, 0.15) is 0 Å². The second-order valence-corrected chi connectivity index (χ2v) is 2.06. The second-order valence-electron chi connectivity index (χ2n) is 0.899. The van der Waals surface area contributed by atoms with E-state index in [2.05, 4.69) is 4.74 Å². The van der Waals surface area contributed by atoms with Gasteiger partial charge in [0.15, 0.2) is 0 Å². The molecule has 0 aliphatic rings. The maximum Gasteiger partial charge on any atom is 0.129 e. The van der Waals surface area contributed by atoms with Crippen molar-refractivity contribution in [1.29, 1.82) is 0 Å². The zero-order valence-corrected chi connectivity index (χ0v) is 5.41. The third-order valence-corrected chi connectivity index (χ3v) is 0.651. The molecule has 7 heavy (non-hydrogen) atoms. The molecule has 0 amide bonds. The van der Waals surface area contributed by atoms with Crippen molar-refractivity contribution in [3.8, 4) is 0 Å². The average Bonchev–Trinajstić information content (AvgIpc) is 1.61. The highest BCUT2D eigenvalue weighted by Gasteiger charge is 1.85. The van der Waals surface area contributed by atoms with Crippen molar-refractivity contribution in [3.63, 3.8) is 0 Å². The molecule has 0 fully saturated rings. The van der Waals surface area contributed by atoms with Gasteiger partial charge < -0.3 is 4.74 Å². The lowest BCUT2D eigenvalue weighted by Crippen LogP contribution is -1.75. The van der Waals surface area contributed by atoms with E-state index in [1.807, 2.05) is 0 Å². The lowest BCUT2D eigenvalue weighted by Gasteiger charge is -1.86. The molecule has 0 heterocycles. The van der Waals surface area contributed by atoms with Crippen molar-refractivity contribution in [1.82, 2.24) is 0 Å². The SMILES string of the molecule is COC=CC(Cl)Cl. The zero-order valence-electron chi connectivity index (χ0n) is 3.90. The molecule has 0 aliphatic carbocycles. The number of ether oxygens (including phenoxy) is 1. The Morgan fingerprint density at radius 1 is 1.57 bits per heavy atom. The Morgan fingerprint density at radius 3 is 2.29 bits per heavy atom. The van der Waals surface area contributed by atoms with E-state index in [0.29, 0.717) is 0 Å². The van der Waals surface area contributed by atoms with Crippen molar-refractivity contribution in [2.24, 2.45) is 0 Å². The van der Waals surface area contributed by atoms with Crippen LogP contribution in [0.25, 0.3) is 0 Å². The van der Waals surface area contributed by atoms with Crippen LogP contribution in [0.15, 0.2) is 12.3 Å². The van der Waals surface area contributed by atoms with Gasteiger partial charge >= 0.3 is 0 Å². The summed E-state index contributed by atoms with van der Waals surface area (Å²) in [5, 5.41) is 0. The van der Waals surface area contributed by atoms with E-state index >= 15 is 0 Å².